The standard InChI is InChI=1S/C24H22F3N3O3/c1-15-19(22(32)29(2)3)13-20(21(31)28-14-16-8-5-4-6-9-16)23(33)30(15)18-11-7-10-17(12-18)24(25,26)27/h4-13H,14H2,1-3H3,(H,28,31). The van der Waals surface area contributed by atoms with Crippen molar-refractivity contribution in [2.75, 3.05) is 14.1 Å². The number of alkyl halides is 3. The first-order valence-corrected chi connectivity index (χ1v) is 9.98. The zero-order valence-electron chi connectivity index (χ0n) is 18.2. The first kappa shape index (κ1) is 23.8. The summed E-state index contributed by atoms with van der Waals surface area (Å²) in [4.78, 5) is 40.1. The van der Waals surface area contributed by atoms with E-state index in [2.05, 4.69) is 5.32 Å². The summed E-state index contributed by atoms with van der Waals surface area (Å²) >= 11 is 0. The number of carbonyl (C=O) groups excluding carboxylic acids is 2. The molecule has 0 saturated carbocycles. The van der Waals surface area contributed by atoms with Gasteiger partial charge in [-0.3, -0.25) is 19.0 Å². The van der Waals surface area contributed by atoms with E-state index in [4.69, 9.17) is 0 Å². The van der Waals surface area contributed by atoms with Crippen molar-refractivity contribution in [3.8, 4) is 5.69 Å². The van der Waals surface area contributed by atoms with E-state index in [9.17, 15) is 27.6 Å². The highest BCUT2D eigenvalue weighted by Crippen LogP contribution is 2.30. The third-order valence-electron chi connectivity index (χ3n) is 5.06. The highest BCUT2D eigenvalue weighted by Gasteiger charge is 2.31. The lowest BCUT2D eigenvalue weighted by Crippen LogP contribution is -2.35. The Morgan fingerprint density at radius 1 is 0.970 bits per heavy atom. The van der Waals surface area contributed by atoms with Crippen molar-refractivity contribution in [1.29, 1.82) is 0 Å². The Bertz CT molecular complexity index is 1250. The molecule has 1 heterocycles. The molecule has 2 aromatic carbocycles. The molecule has 0 aliphatic heterocycles. The smallest absolute Gasteiger partial charge is 0.348 e. The lowest BCUT2D eigenvalue weighted by atomic mass is 10.1. The largest absolute Gasteiger partial charge is 0.416 e. The van der Waals surface area contributed by atoms with E-state index in [0.717, 1.165) is 22.3 Å². The lowest BCUT2D eigenvalue weighted by molar-refractivity contribution is -0.137. The van der Waals surface area contributed by atoms with Crippen molar-refractivity contribution < 1.29 is 22.8 Å². The third-order valence-corrected chi connectivity index (χ3v) is 5.06. The summed E-state index contributed by atoms with van der Waals surface area (Å²) in [6, 6.07) is 14.3. The molecule has 172 valence electrons. The number of halogens is 3. The molecule has 0 atom stereocenters. The third kappa shape index (κ3) is 5.14. The van der Waals surface area contributed by atoms with Crippen LogP contribution in [0.25, 0.3) is 5.69 Å². The summed E-state index contributed by atoms with van der Waals surface area (Å²) < 4.78 is 40.7. The molecule has 0 fully saturated rings. The van der Waals surface area contributed by atoms with Crippen LogP contribution in [0.15, 0.2) is 65.5 Å². The molecular formula is C24H22F3N3O3. The van der Waals surface area contributed by atoms with Gasteiger partial charge in [0, 0.05) is 32.0 Å². The summed E-state index contributed by atoms with van der Waals surface area (Å²) in [5.41, 5.74) is -1.28. The fourth-order valence-electron chi connectivity index (χ4n) is 3.33. The average Bonchev–Trinajstić information content (AvgIpc) is 2.77. The van der Waals surface area contributed by atoms with Crippen molar-refractivity contribution in [2.45, 2.75) is 19.6 Å². The number of hydrogen-bond donors (Lipinski definition) is 1. The number of carbonyl (C=O) groups is 2. The monoisotopic (exact) mass is 457 g/mol. The number of benzene rings is 2. The number of aromatic nitrogens is 1. The SMILES string of the molecule is Cc1c(C(=O)N(C)C)cc(C(=O)NCc2ccccc2)c(=O)n1-c1cccc(C(F)(F)F)c1. The molecule has 3 aromatic rings. The second-order valence-corrected chi connectivity index (χ2v) is 7.61. The van der Waals surface area contributed by atoms with E-state index in [0.29, 0.717) is 0 Å². The molecule has 0 radical (unpaired) electrons. The first-order chi connectivity index (χ1) is 15.5. The highest BCUT2D eigenvalue weighted by atomic mass is 19.4. The predicted molar refractivity (Wildman–Crippen MR) is 117 cm³/mol. The summed E-state index contributed by atoms with van der Waals surface area (Å²) in [6.45, 7) is 1.58. The Labute approximate surface area is 188 Å². The molecule has 2 amide bonds. The molecule has 0 aliphatic carbocycles. The molecular weight excluding hydrogens is 435 g/mol. The van der Waals surface area contributed by atoms with Gasteiger partial charge in [0.05, 0.1) is 11.1 Å². The predicted octanol–water partition coefficient (Wildman–Crippen LogP) is 3.80. The van der Waals surface area contributed by atoms with Crippen molar-refractivity contribution in [3.63, 3.8) is 0 Å². The highest BCUT2D eigenvalue weighted by molar-refractivity contribution is 6.00. The van der Waals surface area contributed by atoms with Gasteiger partial charge in [0.1, 0.15) is 5.56 Å². The zero-order valence-corrected chi connectivity index (χ0v) is 18.2. The van der Waals surface area contributed by atoms with Crippen LogP contribution in [0.3, 0.4) is 0 Å². The van der Waals surface area contributed by atoms with Gasteiger partial charge in [-0.2, -0.15) is 13.2 Å². The Hall–Kier alpha value is -3.88. The molecule has 0 unspecified atom stereocenters. The normalized spacial score (nSPS) is 11.2. The molecule has 6 nitrogen and oxygen atoms in total. The molecule has 3 rings (SSSR count). The molecule has 0 bridgehead atoms. The van der Waals surface area contributed by atoms with Crippen LogP contribution in [0.5, 0.6) is 0 Å². The van der Waals surface area contributed by atoms with Crippen LogP contribution in [0.4, 0.5) is 13.2 Å². The Kier molecular flexibility index (Phi) is 6.71. The van der Waals surface area contributed by atoms with Gasteiger partial charge in [-0.1, -0.05) is 36.4 Å². The maximum Gasteiger partial charge on any atom is 0.416 e. The van der Waals surface area contributed by atoms with Crippen LogP contribution >= 0.6 is 0 Å². The second-order valence-electron chi connectivity index (χ2n) is 7.61. The number of amides is 2. The van der Waals surface area contributed by atoms with Crippen LogP contribution in [0.2, 0.25) is 0 Å². The van der Waals surface area contributed by atoms with Crippen molar-refractivity contribution in [2.24, 2.45) is 0 Å². The van der Waals surface area contributed by atoms with Crippen LogP contribution in [-0.4, -0.2) is 35.4 Å². The van der Waals surface area contributed by atoms with Gasteiger partial charge in [-0.15, -0.1) is 0 Å². The van der Waals surface area contributed by atoms with Crippen LogP contribution in [0.1, 0.15) is 37.5 Å². The van der Waals surface area contributed by atoms with Gasteiger partial charge in [0.2, 0.25) is 0 Å². The van der Waals surface area contributed by atoms with Crippen LogP contribution in [-0.2, 0) is 12.7 Å². The summed E-state index contributed by atoms with van der Waals surface area (Å²) in [5, 5.41) is 2.63. The van der Waals surface area contributed by atoms with E-state index >= 15 is 0 Å². The Morgan fingerprint density at radius 3 is 2.24 bits per heavy atom. The van der Waals surface area contributed by atoms with E-state index in [1.165, 1.54) is 44.1 Å². The van der Waals surface area contributed by atoms with Crippen molar-refractivity contribution >= 4 is 11.8 Å². The second kappa shape index (κ2) is 9.32. The number of nitrogens with one attached hydrogen (secondary N) is 1. The maximum atomic E-state index is 13.3. The molecule has 1 N–H and O–H groups in total. The molecule has 0 saturated heterocycles. The summed E-state index contributed by atoms with van der Waals surface area (Å²) in [6.07, 6.45) is -4.62. The van der Waals surface area contributed by atoms with E-state index in [1.807, 2.05) is 6.07 Å². The van der Waals surface area contributed by atoms with Crippen molar-refractivity contribution in [1.82, 2.24) is 14.8 Å². The zero-order chi connectivity index (χ0) is 24.3. The average molecular weight is 457 g/mol. The number of pyridine rings is 1. The minimum absolute atomic E-state index is 0.0295. The van der Waals surface area contributed by atoms with Gasteiger partial charge in [-0.25, -0.2) is 0 Å². The lowest BCUT2D eigenvalue weighted by Gasteiger charge is -2.19. The van der Waals surface area contributed by atoms with Gasteiger partial charge in [0.25, 0.3) is 17.4 Å². The van der Waals surface area contributed by atoms with Gasteiger partial charge in [0.15, 0.2) is 0 Å². The van der Waals surface area contributed by atoms with Gasteiger partial charge < -0.3 is 10.2 Å². The van der Waals surface area contributed by atoms with Gasteiger partial charge >= 0.3 is 6.18 Å². The molecule has 0 aliphatic rings. The van der Waals surface area contributed by atoms with E-state index < -0.39 is 29.1 Å². The van der Waals surface area contributed by atoms with Crippen LogP contribution in [0, 0.1) is 6.92 Å². The van der Waals surface area contributed by atoms with Gasteiger partial charge in [-0.05, 0) is 36.8 Å². The maximum absolute atomic E-state index is 13.3. The fraction of sp³-hybridized carbons (Fsp3) is 0.208. The molecule has 0 spiro atoms. The number of hydrogen-bond acceptors (Lipinski definition) is 3. The Morgan fingerprint density at radius 2 is 1.64 bits per heavy atom. The topological polar surface area (TPSA) is 71.4 Å². The Balaban J connectivity index is 2.15. The number of rotatable bonds is 5. The van der Waals surface area contributed by atoms with E-state index in [-0.39, 0.29) is 29.1 Å². The minimum atomic E-state index is -4.62. The summed E-state index contributed by atoms with van der Waals surface area (Å²) in [7, 11) is 2.99. The molecule has 9 heteroatoms. The van der Waals surface area contributed by atoms with Crippen LogP contribution < -0.4 is 10.9 Å². The van der Waals surface area contributed by atoms with E-state index in [1.54, 1.807) is 24.3 Å². The number of nitrogens with zero attached hydrogens (tertiary/aromatic N) is 2. The first-order valence-electron chi connectivity index (χ1n) is 9.98. The van der Waals surface area contributed by atoms with Crippen molar-refractivity contribution in [3.05, 3.63) is 99.0 Å². The molecule has 33 heavy (non-hydrogen) atoms. The quantitative estimate of drug-likeness (QED) is 0.634. The fourth-order valence-corrected chi connectivity index (χ4v) is 3.33. The molecule has 1 aromatic heterocycles. The summed E-state index contributed by atoms with van der Waals surface area (Å²) in [5.74, 6) is -1.23. The minimum Gasteiger partial charge on any atom is -0.348 e.